The number of aliphatic carboxylic acids is 1. The van der Waals surface area contributed by atoms with E-state index in [1.54, 1.807) is 0 Å². The monoisotopic (exact) mass is 260 g/mol. The Kier molecular flexibility index (Phi) is 3.87. The highest BCUT2D eigenvalue weighted by Crippen LogP contribution is 2.24. The summed E-state index contributed by atoms with van der Waals surface area (Å²) in [5, 5.41) is 27.4. The summed E-state index contributed by atoms with van der Waals surface area (Å²) in [6.07, 6.45) is -2.93. The Bertz CT molecular complexity index is 521. The van der Waals surface area contributed by atoms with Gasteiger partial charge in [0.05, 0.1) is 4.90 Å². The maximum Gasteiger partial charge on any atom is 0.335 e. The summed E-state index contributed by atoms with van der Waals surface area (Å²) in [4.78, 5) is 10.3. The smallest absolute Gasteiger partial charge is 0.335 e. The predicted molar refractivity (Wildman–Crippen MR) is 58.2 cm³/mol. The van der Waals surface area contributed by atoms with Crippen LogP contribution in [0, 0.1) is 0 Å². The third kappa shape index (κ3) is 3.02. The molecule has 2 unspecified atom stereocenters. The molecule has 0 aliphatic carbocycles. The zero-order chi connectivity index (χ0) is 13.2. The Hall–Kier alpha value is -1.44. The SMILES string of the molecule is CS(=O)(=O)c1ccccc1C(O)C(O)C(=O)O. The lowest BCUT2D eigenvalue weighted by Crippen LogP contribution is -2.28. The molecule has 0 aliphatic heterocycles. The topological polar surface area (TPSA) is 112 Å². The van der Waals surface area contributed by atoms with E-state index in [2.05, 4.69) is 0 Å². The third-order valence-electron chi connectivity index (χ3n) is 2.19. The summed E-state index contributed by atoms with van der Waals surface area (Å²) in [6.45, 7) is 0. The molecule has 0 radical (unpaired) electrons. The largest absolute Gasteiger partial charge is 0.479 e. The van der Waals surface area contributed by atoms with Crippen LogP contribution in [-0.4, -0.2) is 42.1 Å². The maximum atomic E-state index is 11.4. The summed E-state index contributed by atoms with van der Waals surface area (Å²) < 4.78 is 22.8. The highest BCUT2D eigenvalue weighted by atomic mass is 32.2. The van der Waals surface area contributed by atoms with Crippen molar-refractivity contribution >= 4 is 15.8 Å². The van der Waals surface area contributed by atoms with E-state index in [9.17, 15) is 23.4 Å². The zero-order valence-corrected chi connectivity index (χ0v) is 9.76. The van der Waals surface area contributed by atoms with Crippen molar-refractivity contribution in [3.05, 3.63) is 29.8 Å². The number of aliphatic hydroxyl groups is 2. The minimum atomic E-state index is -3.60. The molecule has 0 spiro atoms. The molecule has 0 amide bonds. The molecule has 1 aromatic carbocycles. The first-order valence-electron chi connectivity index (χ1n) is 4.63. The predicted octanol–water partition coefficient (Wildman–Crippen LogP) is -0.431. The van der Waals surface area contributed by atoms with Crippen molar-refractivity contribution in [3.8, 4) is 0 Å². The summed E-state index contributed by atoms with van der Waals surface area (Å²) in [7, 11) is -3.60. The second kappa shape index (κ2) is 4.82. The number of carbonyl (C=O) groups is 1. The Morgan fingerprint density at radius 1 is 1.24 bits per heavy atom. The number of rotatable bonds is 4. The fourth-order valence-corrected chi connectivity index (χ4v) is 2.31. The molecule has 1 aromatic rings. The first-order valence-corrected chi connectivity index (χ1v) is 6.52. The fraction of sp³-hybridized carbons (Fsp3) is 0.300. The van der Waals surface area contributed by atoms with Gasteiger partial charge in [-0.15, -0.1) is 0 Å². The van der Waals surface area contributed by atoms with Gasteiger partial charge in [0.1, 0.15) is 6.10 Å². The average molecular weight is 260 g/mol. The van der Waals surface area contributed by atoms with Gasteiger partial charge in [-0.05, 0) is 6.07 Å². The van der Waals surface area contributed by atoms with Crippen LogP contribution >= 0.6 is 0 Å². The second-order valence-electron chi connectivity index (χ2n) is 3.54. The molecule has 0 heterocycles. The van der Waals surface area contributed by atoms with Gasteiger partial charge in [0.2, 0.25) is 0 Å². The number of benzene rings is 1. The Morgan fingerprint density at radius 2 is 1.76 bits per heavy atom. The summed E-state index contributed by atoms with van der Waals surface area (Å²) in [5.74, 6) is -1.62. The van der Waals surface area contributed by atoms with E-state index in [1.807, 2.05) is 0 Å². The van der Waals surface area contributed by atoms with Crippen molar-refractivity contribution in [1.29, 1.82) is 0 Å². The average Bonchev–Trinajstić information content (AvgIpc) is 2.25. The van der Waals surface area contributed by atoms with Crippen molar-refractivity contribution in [2.45, 2.75) is 17.1 Å². The second-order valence-corrected chi connectivity index (χ2v) is 5.52. The molecule has 2 atom stereocenters. The molecule has 3 N–H and O–H groups in total. The van der Waals surface area contributed by atoms with Crippen LogP contribution in [0.4, 0.5) is 0 Å². The van der Waals surface area contributed by atoms with E-state index in [-0.39, 0.29) is 10.5 Å². The Labute approximate surface area is 98.1 Å². The lowest BCUT2D eigenvalue weighted by Gasteiger charge is -2.16. The molecule has 0 bridgehead atoms. The molecule has 17 heavy (non-hydrogen) atoms. The highest BCUT2D eigenvalue weighted by Gasteiger charge is 2.28. The van der Waals surface area contributed by atoms with E-state index < -0.39 is 28.0 Å². The van der Waals surface area contributed by atoms with Gasteiger partial charge in [-0.1, -0.05) is 18.2 Å². The van der Waals surface area contributed by atoms with Crippen LogP contribution in [0.25, 0.3) is 0 Å². The molecule has 0 saturated carbocycles. The van der Waals surface area contributed by atoms with Crippen LogP contribution < -0.4 is 0 Å². The zero-order valence-electron chi connectivity index (χ0n) is 8.94. The van der Waals surface area contributed by atoms with Crippen molar-refractivity contribution in [2.75, 3.05) is 6.26 Å². The molecule has 6 nitrogen and oxygen atoms in total. The number of carboxylic acids is 1. The van der Waals surface area contributed by atoms with E-state index in [0.29, 0.717) is 0 Å². The van der Waals surface area contributed by atoms with Gasteiger partial charge in [0.15, 0.2) is 15.9 Å². The number of hydrogen-bond acceptors (Lipinski definition) is 5. The number of hydrogen-bond donors (Lipinski definition) is 3. The minimum Gasteiger partial charge on any atom is -0.479 e. The molecular weight excluding hydrogens is 248 g/mol. The van der Waals surface area contributed by atoms with Gasteiger partial charge in [-0.25, -0.2) is 13.2 Å². The Morgan fingerprint density at radius 3 is 2.24 bits per heavy atom. The van der Waals surface area contributed by atoms with Crippen LogP contribution in [0.15, 0.2) is 29.2 Å². The van der Waals surface area contributed by atoms with Gasteiger partial charge >= 0.3 is 5.97 Å². The van der Waals surface area contributed by atoms with Gasteiger partial charge in [-0.2, -0.15) is 0 Å². The lowest BCUT2D eigenvalue weighted by atomic mass is 10.0. The van der Waals surface area contributed by atoms with Crippen LogP contribution in [0.5, 0.6) is 0 Å². The molecule has 0 saturated heterocycles. The van der Waals surface area contributed by atoms with Crippen LogP contribution in [-0.2, 0) is 14.6 Å². The maximum absolute atomic E-state index is 11.4. The molecule has 7 heteroatoms. The Balaban J connectivity index is 3.28. The normalized spacial score (nSPS) is 15.2. The van der Waals surface area contributed by atoms with E-state index in [1.165, 1.54) is 24.3 Å². The summed E-state index contributed by atoms with van der Waals surface area (Å²) in [6, 6.07) is 5.39. The van der Waals surface area contributed by atoms with Gasteiger partial charge in [0, 0.05) is 11.8 Å². The van der Waals surface area contributed by atoms with Crippen LogP contribution in [0.2, 0.25) is 0 Å². The fourth-order valence-electron chi connectivity index (χ4n) is 1.37. The number of carboxylic acid groups (broad SMARTS) is 1. The highest BCUT2D eigenvalue weighted by molar-refractivity contribution is 7.90. The quantitative estimate of drug-likeness (QED) is 0.677. The van der Waals surface area contributed by atoms with Crippen molar-refractivity contribution in [2.24, 2.45) is 0 Å². The van der Waals surface area contributed by atoms with E-state index in [4.69, 9.17) is 5.11 Å². The van der Waals surface area contributed by atoms with Crippen molar-refractivity contribution < 1.29 is 28.5 Å². The lowest BCUT2D eigenvalue weighted by molar-refractivity contribution is -0.153. The number of aliphatic hydroxyl groups excluding tert-OH is 2. The standard InChI is InChI=1S/C10H12O6S/c1-17(15,16)7-5-3-2-4-6(7)8(11)9(12)10(13)14/h2-5,8-9,11-12H,1H3,(H,13,14). The van der Waals surface area contributed by atoms with Crippen molar-refractivity contribution in [3.63, 3.8) is 0 Å². The van der Waals surface area contributed by atoms with E-state index in [0.717, 1.165) is 6.26 Å². The minimum absolute atomic E-state index is 0.134. The van der Waals surface area contributed by atoms with Gasteiger partial charge in [-0.3, -0.25) is 0 Å². The van der Waals surface area contributed by atoms with E-state index >= 15 is 0 Å². The molecule has 1 rings (SSSR count). The molecule has 0 aliphatic rings. The molecule has 0 fully saturated rings. The first kappa shape index (κ1) is 13.6. The van der Waals surface area contributed by atoms with Gasteiger partial charge in [0.25, 0.3) is 0 Å². The summed E-state index contributed by atoms with van der Waals surface area (Å²) >= 11 is 0. The molecule has 94 valence electrons. The molecular formula is C10H12O6S. The third-order valence-corrected chi connectivity index (χ3v) is 3.36. The van der Waals surface area contributed by atoms with Crippen LogP contribution in [0.3, 0.4) is 0 Å². The summed E-state index contributed by atoms with van der Waals surface area (Å²) in [5.41, 5.74) is -0.134. The van der Waals surface area contributed by atoms with Crippen LogP contribution in [0.1, 0.15) is 11.7 Å². The molecule has 0 aromatic heterocycles. The van der Waals surface area contributed by atoms with Gasteiger partial charge < -0.3 is 15.3 Å². The van der Waals surface area contributed by atoms with Crippen molar-refractivity contribution in [1.82, 2.24) is 0 Å². The number of sulfone groups is 1. The first-order chi connectivity index (χ1) is 7.75.